The molecule has 126 valence electrons. The second kappa shape index (κ2) is 6.56. The first kappa shape index (κ1) is 15.6. The number of carbonyl (C=O) groups excluding carboxylic acids is 1. The summed E-state index contributed by atoms with van der Waals surface area (Å²) in [5.41, 5.74) is 1.56. The number of benzene rings is 2. The minimum atomic E-state index is -0.261. The monoisotopic (exact) mass is 401 g/mol. The van der Waals surface area contributed by atoms with E-state index >= 15 is 0 Å². The first-order valence-corrected chi connectivity index (χ1v) is 8.24. The van der Waals surface area contributed by atoms with Crippen molar-refractivity contribution in [1.29, 1.82) is 0 Å². The number of aromatic nitrogens is 2. The summed E-state index contributed by atoms with van der Waals surface area (Å²) in [7, 11) is 0. The van der Waals surface area contributed by atoms with Crippen molar-refractivity contribution in [1.82, 2.24) is 10.2 Å². The molecule has 8 heteroatoms. The molecular formula is C17H12BrN3O4. The van der Waals surface area contributed by atoms with Crippen LogP contribution in [0.25, 0.3) is 11.5 Å². The number of amides is 1. The van der Waals surface area contributed by atoms with Gasteiger partial charge in [-0.3, -0.25) is 10.1 Å². The Bertz CT molecular complexity index is 941. The number of carbonyl (C=O) groups is 1. The molecule has 0 aliphatic carbocycles. The molecule has 1 aliphatic rings. The predicted molar refractivity (Wildman–Crippen MR) is 92.3 cm³/mol. The van der Waals surface area contributed by atoms with Gasteiger partial charge in [0.25, 0.3) is 0 Å². The number of halogens is 1. The Morgan fingerprint density at radius 3 is 2.88 bits per heavy atom. The fourth-order valence-corrected chi connectivity index (χ4v) is 2.81. The van der Waals surface area contributed by atoms with Gasteiger partial charge in [-0.25, -0.2) is 0 Å². The van der Waals surface area contributed by atoms with E-state index in [0.29, 0.717) is 17.4 Å². The van der Waals surface area contributed by atoms with Gasteiger partial charge >= 0.3 is 6.01 Å². The Labute approximate surface area is 151 Å². The van der Waals surface area contributed by atoms with Gasteiger partial charge in [-0.1, -0.05) is 33.2 Å². The Hall–Kier alpha value is -2.87. The average Bonchev–Trinajstić information content (AvgIpc) is 3.23. The number of ether oxygens (including phenoxy) is 2. The zero-order valence-corrected chi connectivity index (χ0v) is 14.4. The van der Waals surface area contributed by atoms with Gasteiger partial charge in [0.05, 0.1) is 6.42 Å². The van der Waals surface area contributed by atoms with Crippen molar-refractivity contribution in [2.24, 2.45) is 0 Å². The Kier molecular flexibility index (Phi) is 4.10. The lowest BCUT2D eigenvalue weighted by atomic mass is 10.1. The van der Waals surface area contributed by atoms with Gasteiger partial charge in [0.1, 0.15) is 0 Å². The molecule has 0 unspecified atom stereocenters. The summed E-state index contributed by atoms with van der Waals surface area (Å²) in [6.45, 7) is 0.200. The molecule has 0 atom stereocenters. The second-order valence-corrected chi connectivity index (χ2v) is 6.25. The van der Waals surface area contributed by atoms with Gasteiger partial charge in [-0.05, 0) is 35.9 Å². The van der Waals surface area contributed by atoms with Crippen LogP contribution in [0.1, 0.15) is 5.56 Å². The molecular weight excluding hydrogens is 390 g/mol. The van der Waals surface area contributed by atoms with E-state index in [1.807, 2.05) is 30.3 Å². The van der Waals surface area contributed by atoms with E-state index < -0.39 is 0 Å². The summed E-state index contributed by atoms with van der Waals surface area (Å²) in [4.78, 5) is 12.2. The number of hydrogen-bond acceptors (Lipinski definition) is 6. The van der Waals surface area contributed by atoms with E-state index in [4.69, 9.17) is 13.9 Å². The molecule has 1 N–H and O–H groups in total. The standard InChI is InChI=1S/C17H12BrN3O4/c18-12-3-1-2-11(8-12)16-20-21-17(25-16)19-15(22)7-10-4-5-13-14(6-10)24-9-23-13/h1-6,8H,7,9H2,(H,19,21,22). The third-order valence-electron chi connectivity index (χ3n) is 3.54. The number of nitrogens with one attached hydrogen (secondary N) is 1. The third kappa shape index (κ3) is 3.48. The maximum Gasteiger partial charge on any atom is 0.322 e. The normalized spacial score (nSPS) is 12.2. The summed E-state index contributed by atoms with van der Waals surface area (Å²) in [6.07, 6.45) is 0.158. The lowest BCUT2D eigenvalue weighted by Crippen LogP contribution is -2.14. The summed E-state index contributed by atoms with van der Waals surface area (Å²) in [5.74, 6) is 1.39. The molecule has 1 aromatic heterocycles. The number of anilines is 1. The summed E-state index contributed by atoms with van der Waals surface area (Å²) >= 11 is 3.39. The van der Waals surface area contributed by atoms with Gasteiger partial charge in [0.2, 0.25) is 18.6 Å². The van der Waals surface area contributed by atoms with Gasteiger partial charge in [0.15, 0.2) is 11.5 Å². The molecule has 0 bridgehead atoms. The molecule has 25 heavy (non-hydrogen) atoms. The Morgan fingerprint density at radius 2 is 2.00 bits per heavy atom. The van der Waals surface area contributed by atoms with E-state index in [1.54, 1.807) is 12.1 Å². The molecule has 0 spiro atoms. The maximum absolute atomic E-state index is 12.2. The summed E-state index contributed by atoms with van der Waals surface area (Å²) < 4.78 is 16.9. The Balaban J connectivity index is 1.43. The van der Waals surface area contributed by atoms with E-state index in [9.17, 15) is 4.79 Å². The topological polar surface area (TPSA) is 86.5 Å². The minimum absolute atomic E-state index is 0.0562. The van der Waals surface area contributed by atoms with Gasteiger partial charge in [-0.2, -0.15) is 0 Å². The van der Waals surface area contributed by atoms with Crippen LogP contribution in [0.4, 0.5) is 6.01 Å². The van der Waals surface area contributed by atoms with Crippen molar-refractivity contribution in [3.8, 4) is 23.0 Å². The largest absolute Gasteiger partial charge is 0.454 e. The average molecular weight is 402 g/mol. The summed E-state index contributed by atoms with van der Waals surface area (Å²) in [6, 6.07) is 12.9. The van der Waals surface area contributed by atoms with Gasteiger partial charge < -0.3 is 13.9 Å². The second-order valence-electron chi connectivity index (χ2n) is 5.34. The molecule has 0 saturated carbocycles. The van der Waals surface area contributed by atoms with E-state index in [0.717, 1.165) is 15.6 Å². The SMILES string of the molecule is O=C(Cc1ccc2c(c1)OCO2)Nc1nnc(-c2cccc(Br)c2)o1. The van der Waals surface area contributed by atoms with E-state index in [2.05, 4.69) is 31.4 Å². The molecule has 7 nitrogen and oxygen atoms in total. The third-order valence-corrected chi connectivity index (χ3v) is 4.04. The molecule has 2 aromatic carbocycles. The molecule has 0 radical (unpaired) electrons. The van der Waals surface area contributed by atoms with Gasteiger partial charge in [-0.15, -0.1) is 5.10 Å². The van der Waals surface area contributed by atoms with Crippen LogP contribution in [0, 0.1) is 0 Å². The van der Waals surface area contributed by atoms with Crippen molar-refractivity contribution in [2.45, 2.75) is 6.42 Å². The molecule has 1 aliphatic heterocycles. The van der Waals surface area contributed by atoms with Crippen LogP contribution in [0.15, 0.2) is 51.4 Å². The molecule has 0 saturated heterocycles. The molecule has 0 fully saturated rings. The number of rotatable bonds is 4. The first-order chi connectivity index (χ1) is 12.2. The molecule has 4 rings (SSSR count). The van der Waals surface area contributed by atoms with Crippen LogP contribution in [0.2, 0.25) is 0 Å². The quantitative estimate of drug-likeness (QED) is 0.720. The van der Waals surface area contributed by atoms with Crippen LogP contribution < -0.4 is 14.8 Å². The maximum atomic E-state index is 12.2. The zero-order valence-electron chi connectivity index (χ0n) is 12.9. The van der Waals surface area contributed by atoms with E-state index in [-0.39, 0.29) is 25.1 Å². The van der Waals surface area contributed by atoms with Crippen LogP contribution in [-0.2, 0) is 11.2 Å². The fourth-order valence-electron chi connectivity index (χ4n) is 2.41. The molecule has 1 amide bonds. The summed E-state index contributed by atoms with van der Waals surface area (Å²) in [5, 5.41) is 10.4. The van der Waals surface area contributed by atoms with Gasteiger partial charge in [0, 0.05) is 10.0 Å². The van der Waals surface area contributed by atoms with Crippen LogP contribution >= 0.6 is 15.9 Å². The Morgan fingerprint density at radius 1 is 1.12 bits per heavy atom. The predicted octanol–water partition coefficient (Wildman–Crippen LogP) is 3.41. The highest BCUT2D eigenvalue weighted by atomic mass is 79.9. The van der Waals surface area contributed by atoms with Crippen LogP contribution in [0.5, 0.6) is 11.5 Å². The lowest BCUT2D eigenvalue weighted by Gasteiger charge is -2.02. The van der Waals surface area contributed by atoms with Crippen molar-refractivity contribution in [3.63, 3.8) is 0 Å². The first-order valence-electron chi connectivity index (χ1n) is 7.45. The lowest BCUT2D eigenvalue weighted by molar-refractivity contribution is -0.115. The number of nitrogens with zero attached hydrogens (tertiary/aromatic N) is 2. The van der Waals surface area contributed by atoms with Crippen molar-refractivity contribution in [2.75, 3.05) is 12.1 Å². The van der Waals surface area contributed by atoms with Crippen LogP contribution in [0.3, 0.4) is 0 Å². The highest BCUT2D eigenvalue weighted by molar-refractivity contribution is 9.10. The smallest absolute Gasteiger partial charge is 0.322 e. The highest BCUT2D eigenvalue weighted by Crippen LogP contribution is 2.32. The zero-order chi connectivity index (χ0) is 17.2. The fraction of sp³-hybridized carbons (Fsp3) is 0.118. The van der Waals surface area contributed by atoms with Crippen molar-refractivity contribution >= 4 is 27.9 Å². The van der Waals surface area contributed by atoms with Crippen molar-refractivity contribution < 1.29 is 18.7 Å². The highest BCUT2D eigenvalue weighted by Gasteiger charge is 2.16. The number of hydrogen-bond donors (Lipinski definition) is 1. The minimum Gasteiger partial charge on any atom is -0.454 e. The van der Waals surface area contributed by atoms with Crippen molar-refractivity contribution in [3.05, 3.63) is 52.5 Å². The number of fused-ring (bicyclic) bond motifs is 1. The molecule has 3 aromatic rings. The molecule has 2 heterocycles. The van der Waals surface area contributed by atoms with E-state index in [1.165, 1.54) is 0 Å². The van der Waals surface area contributed by atoms with Crippen LogP contribution in [-0.4, -0.2) is 22.9 Å².